The number of anilines is 1. The van der Waals surface area contributed by atoms with Crippen LogP contribution < -0.4 is 5.32 Å². The smallest absolute Gasteiger partial charge is 0.0340 e. The summed E-state index contributed by atoms with van der Waals surface area (Å²) < 4.78 is 0. The van der Waals surface area contributed by atoms with E-state index in [1.165, 1.54) is 16.7 Å². The molecule has 0 heterocycles. The Balaban J connectivity index is 3.17. The normalized spacial score (nSPS) is 11.2. The van der Waals surface area contributed by atoms with E-state index in [-0.39, 0.29) is 0 Å². The van der Waals surface area contributed by atoms with Crippen LogP contribution >= 0.6 is 0 Å². The van der Waals surface area contributed by atoms with Crippen molar-refractivity contribution in [1.82, 2.24) is 0 Å². The maximum atomic E-state index is 3.81. The van der Waals surface area contributed by atoms with Crippen molar-refractivity contribution in [3.63, 3.8) is 0 Å². The summed E-state index contributed by atoms with van der Waals surface area (Å²) in [5.74, 6) is 0. The Morgan fingerprint density at radius 3 is 2.57 bits per heavy atom. The zero-order valence-electron chi connectivity index (χ0n) is 9.09. The molecule has 0 saturated carbocycles. The summed E-state index contributed by atoms with van der Waals surface area (Å²) in [5, 5.41) is 3.12. The van der Waals surface area contributed by atoms with Gasteiger partial charge in [-0.1, -0.05) is 24.8 Å². The van der Waals surface area contributed by atoms with Crippen LogP contribution in [0.2, 0.25) is 0 Å². The van der Waals surface area contributed by atoms with E-state index in [1.807, 2.05) is 20.0 Å². The first kappa shape index (κ1) is 10.6. The van der Waals surface area contributed by atoms with Crippen molar-refractivity contribution in [2.45, 2.75) is 13.8 Å². The van der Waals surface area contributed by atoms with E-state index in [9.17, 15) is 0 Å². The van der Waals surface area contributed by atoms with Crippen molar-refractivity contribution >= 4 is 11.3 Å². The van der Waals surface area contributed by atoms with E-state index in [0.717, 1.165) is 5.69 Å². The molecule has 0 unspecified atom stereocenters. The fraction of sp³-hybridized carbons (Fsp3) is 0.231. The van der Waals surface area contributed by atoms with Crippen molar-refractivity contribution in [1.29, 1.82) is 0 Å². The van der Waals surface area contributed by atoms with Gasteiger partial charge in [-0.05, 0) is 42.7 Å². The highest BCUT2D eigenvalue weighted by molar-refractivity contribution is 5.76. The Bertz CT molecular complexity index is 361. The molecule has 0 fully saturated rings. The van der Waals surface area contributed by atoms with E-state index in [1.54, 1.807) is 0 Å². The predicted octanol–water partition coefficient (Wildman–Crippen LogP) is 3.63. The Hall–Kier alpha value is -1.50. The largest absolute Gasteiger partial charge is 0.388 e. The quantitative estimate of drug-likeness (QED) is 0.712. The SMILES string of the molecule is C=C/C(=C\C)c1ccc(NC)cc1C. The van der Waals surface area contributed by atoms with Gasteiger partial charge < -0.3 is 5.32 Å². The molecule has 1 rings (SSSR count). The third-order valence-electron chi connectivity index (χ3n) is 2.36. The minimum atomic E-state index is 1.14. The molecule has 0 saturated heterocycles. The average molecular weight is 187 g/mol. The van der Waals surface area contributed by atoms with Gasteiger partial charge in [0.05, 0.1) is 0 Å². The van der Waals surface area contributed by atoms with E-state index < -0.39 is 0 Å². The second-order valence-corrected chi connectivity index (χ2v) is 3.23. The van der Waals surface area contributed by atoms with Gasteiger partial charge in [0.1, 0.15) is 0 Å². The first-order valence-corrected chi connectivity index (χ1v) is 4.80. The summed E-state index contributed by atoms with van der Waals surface area (Å²) >= 11 is 0. The van der Waals surface area contributed by atoms with Crippen molar-refractivity contribution in [3.8, 4) is 0 Å². The van der Waals surface area contributed by atoms with Gasteiger partial charge in [0, 0.05) is 12.7 Å². The monoisotopic (exact) mass is 187 g/mol. The Labute approximate surface area is 86.2 Å². The van der Waals surface area contributed by atoms with Crippen LogP contribution in [0.3, 0.4) is 0 Å². The summed E-state index contributed by atoms with van der Waals surface area (Å²) in [7, 11) is 1.93. The molecule has 0 aliphatic heterocycles. The number of rotatable bonds is 3. The van der Waals surface area contributed by atoms with E-state index in [0.29, 0.717) is 0 Å². The minimum Gasteiger partial charge on any atom is -0.388 e. The van der Waals surface area contributed by atoms with E-state index in [4.69, 9.17) is 0 Å². The second-order valence-electron chi connectivity index (χ2n) is 3.23. The predicted molar refractivity (Wildman–Crippen MR) is 64.6 cm³/mol. The maximum absolute atomic E-state index is 3.81. The van der Waals surface area contributed by atoms with Gasteiger partial charge in [0.25, 0.3) is 0 Å². The zero-order chi connectivity index (χ0) is 10.6. The molecule has 0 aromatic heterocycles. The lowest BCUT2D eigenvalue weighted by molar-refractivity contribution is 1.40. The van der Waals surface area contributed by atoms with Crippen LogP contribution in [-0.2, 0) is 0 Å². The second kappa shape index (κ2) is 4.66. The first-order chi connectivity index (χ1) is 6.72. The molecule has 1 aromatic carbocycles. The van der Waals surface area contributed by atoms with E-state index >= 15 is 0 Å². The van der Waals surface area contributed by atoms with Crippen LogP contribution in [0, 0.1) is 6.92 Å². The summed E-state index contributed by atoms with van der Waals surface area (Å²) in [6.45, 7) is 7.95. The Morgan fingerprint density at radius 2 is 2.14 bits per heavy atom. The average Bonchev–Trinajstić information content (AvgIpc) is 2.22. The Morgan fingerprint density at radius 1 is 1.43 bits per heavy atom. The molecular weight excluding hydrogens is 170 g/mol. The number of nitrogens with one attached hydrogen (secondary N) is 1. The molecular formula is C13H17N. The fourth-order valence-electron chi connectivity index (χ4n) is 1.53. The zero-order valence-corrected chi connectivity index (χ0v) is 9.09. The van der Waals surface area contributed by atoms with Crippen LogP contribution in [0.5, 0.6) is 0 Å². The molecule has 1 nitrogen and oxygen atoms in total. The summed E-state index contributed by atoms with van der Waals surface area (Å²) in [4.78, 5) is 0. The van der Waals surface area contributed by atoms with Gasteiger partial charge in [-0.25, -0.2) is 0 Å². The van der Waals surface area contributed by atoms with Crippen LogP contribution in [0.15, 0.2) is 36.9 Å². The Kier molecular flexibility index (Phi) is 3.52. The summed E-state index contributed by atoms with van der Waals surface area (Å²) in [5.41, 5.74) is 4.85. The molecule has 1 heteroatoms. The molecule has 1 N–H and O–H groups in total. The van der Waals surface area contributed by atoms with Gasteiger partial charge in [-0.15, -0.1) is 0 Å². The standard InChI is InChI=1S/C13H17N/c1-5-11(6-2)13-8-7-12(14-4)9-10(13)3/h5-9,14H,1H2,2-4H3/b11-6+. The summed E-state index contributed by atoms with van der Waals surface area (Å²) in [6.07, 6.45) is 3.97. The number of hydrogen-bond donors (Lipinski definition) is 1. The molecule has 14 heavy (non-hydrogen) atoms. The lowest BCUT2D eigenvalue weighted by Crippen LogP contribution is -1.91. The highest BCUT2D eigenvalue weighted by atomic mass is 14.8. The van der Waals surface area contributed by atoms with Crippen LogP contribution in [0.1, 0.15) is 18.1 Å². The van der Waals surface area contributed by atoms with Gasteiger partial charge >= 0.3 is 0 Å². The van der Waals surface area contributed by atoms with Crippen molar-refractivity contribution in [3.05, 3.63) is 48.1 Å². The maximum Gasteiger partial charge on any atom is 0.0340 e. The first-order valence-electron chi connectivity index (χ1n) is 4.80. The molecule has 0 radical (unpaired) electrons. The molecule has 0 aliphatic rings. The third kappa shape index (κ3) is 2.05. The van der Waals surface area contributed by atoms with Crippen LogP contribution in [-0.4, -0.2) is 7.05 Å². The van der Waals surface area contributed by atoms with Gasteiger partial charge in [-0.3, -0.25) is 0 Å². The highest BCUT2D eigenvalue weighted by Crippen LogP contribution is 2.22. The van der Waals surface area contributed by atoms with Crippen molar-refractivity contribution in [2.75, 3.05) is 12.4 Å². The number of hydrogen-bond acceptors (Lipinski definition) is 1. The number of benzene rings is 1. The molecule has 1 aromatic rings. The van der Waals surface area contributed by atoms with Gasteiger partial charge in [0.15, 0.2) is 0 Å². The van der Waals surface area contributed by atoms with Crippen molar-refractivity contribution < 1.29 is 0 Å². The lowest BCUT2D eigenvalue weighted by Gasteiger charge is -2.08. The minimum absolute atomic E-state index is 1.14. The van der Waals surface area contributed by atoms with Crippen LogP contribution in [0.4, 0.5) is 5.69 Å². The topological polar surface area (TPSA) is 12.0 Å². The van der Waals surface area contributed by atoms with Gasteiger partial charge in [0.2, 0.25) is 0 Å². The van der Waals surface area contributed by atoms with Crippen molar-refractivity contribution in [2.24, 2.45) is 0 Å². The molecule has 0 atom stereocenters. The van der Waals surface area contributed by atoms with Gasteiger partial charge in [-0.2, -0.15) is 0 Å². The van der Waals surface area contributed by atoms with E-state index in [2.05, 4.69) is 43.1 Å². The molecule has 0 amide bonds. The summed E-state index contributed by atoms with van der Waals surface area (Å²) in [6, 6.07) is 6.34. The fourth-order valence-corrected chi connectivity index (χ4v) is 1.53. The molecule has 0 spiro atoms. The lowest BCUT2D eigenvalue weighted by atomic mass is 10.00. The highest BCUT2D eigenvalue weighted by Gasteiger charge is 2.01. The molecule has 0 bridgehead atoms. The number of aryl methyl sites for hydroxylation is 1. The number of allylic oxidation sites excluding steroid dienone is 3. The third-order valence-corrected chi connectivity index (χ3v) is 2.36. The molecule has 74 valence electrons. The van der Waals surface area contributed by atoms with Crippen LogP contribution in [0.25, 0.3) is 5.57 Å². The molecule has 0 aliphatic carbocycles.